The number of aliphatic hydroxyl groups is 1. The second-order valence-corrected chi connectivity index (χ2v) is 15.6. The van der Waals surface area contributed by atoms with Gasteiger partial charge in [-0.2, -0.15) is 13.2 Å². The van der Waals surface area contributed by atoms with Crippen LogP contribution in [0.1, 0.15) is 63.2 Å². The van der Waals surface area contributed by atoms with Crippen LogP contribution in [-0.4, -0.2) is 90.6 Å². The Morgan fingerprint density at radius 3 is 2.47 bits per heavy atom. The van der Waals surface area contributed by atoms with Crippen LogP contribution in [0.5, 0.6) is 28.7 Å². The van der Waals surface area contributed by atoms with Crippen LogP contribution in [0.3, 0.4) is 0 Å². The van der Waals surface area contributed by atoms with Crippen molar-refractivity contribution in [2.24, 2.45) is 0 Å². The fourth-order valence-corrected chi connectivity index (χ4v) is 10.2. The van der Waals surface area contributed by atoms with Crippen LogP contribution in [0.15, 0.2) is 42.5 Å². The molecule has 0 aliphatic carbocycles. The minimum atomic E-state index is -5.29. The molecule has 2 saturated heterocycles. The molecule has 5 aliphatic rings. The molecule has 2 fully saturated rings. The average Bonchev–Trinajstić information content (AvgIpc) is 3.68. The summed E-state index contributed by atoms with van der Waals surface area (Å²) in [5.74, 6) is -4.22. The number of nitrogens with one attached hydrogen (secondary N) is 2. The smallest absolute Gasteiger partial charge is 0.471 e. The Bertz CT molecular complexity index is 2240. The molecule has 4 bridgehead atoms. The van der Waals surface area contributed by atoms with Crippen LogP contribution in [0.2, 0.25) is 0 Å². The summed E-state index contributed by atoms with van der Waals surface area (Å²) in [7, 11) is 1.44. The number of rotatable bonds is 6. The molecule has 3 aromatic carbocycles. The first-order valence-electron chi connectivity index (χ1n) is 18.3. The van der Waals surface area contributed by atoms with Crippen molar-refractivity contribution >= 4 is 41.7 Å². The van der Waals surface area contributed by atoms with Crippen molar-refractivity contribution in [3.8, 4) is 28.7 Å². The van der Waals surface area contributed by atoms with Crippen molar-refractivity contribution in [2.45, 2.75) is 75.1 Å². The summed E-state index contributed by atoms with van der Waals surface area (Å²) in [6, 6.07) is 5.95. The van der Waals surface area contributed by atoms with E-state index in [9.17, 15) is 37.5 Å². The normalized spacial score (nSPS) is 25.9. The zero-order chi connectivity index (χ0) is 41.2. The highest BCUT2D eigenvalue weighted by Gasteiger charge is 2.59. The van der Waals surface area contributed by atoms with Crippen LogP contribution < -0.4 is 34.3 Å². The molecule has 3 unspecified atom stereocenters. The number of benzene rings is 3. The highest BCUT2D eigenvalue weighted by atomic mass is 32.2. The minimum Gasteiger partial charge on any atom is -0.493 e. The molecule has 5 aliphatic heterocycles. The Hall–Kier alpha value is -5.30. The maximum Gasteiger partial charge on any atom is 0.471 e. The predicted octanol–water partition coefficient (Wildman–Crippen LogP) is 4.28. The van der Waals surface area contributed by atoms with Gasteiger partial charge in [-0.3, -0.25) is 14.5 Å². The molecule has 0 saturated carbocycles. The molecular weight excluding hydrogens is 788 g/mol. The lowest BCUT2D eigenvalue weighted by atomic mass is 9.74. The Kier molecular flexibility index (Phi) is 10.3. The van der Waals surface area contributed by atoms with Gasteiger partial charge in [-0.1, -0.05) is 36.4 Å². The third kappa shape index (κ3) is 6.80. The number of piperazine rings is 1. The van der Waals surface area contributed by atoms with E-state index in [0.717, 1.165) is 22.9 Å². The Labute approximate surface area is 333 Å². The van der Waals surface area contributed by atoms with Gasteiger partial charge in [-0.25, -0.2) is 9.59 Å². The number of hydrogen-bond acceptors (Lipinski definition) is 14. The van der Waals surface area contributed by atoms with E-state index in [4.69, 9.17) is 28.4 Å². The number of halogens is 3. The number of hydrogen-bond donors (Lipinski definition) is 3. The number of methoxy groups -OCH3 is 1. The second-order valence-electron chi connectivity index (χ2n) is 14.5. The summed E-state index contributed by atoms with van der Waals surface area (Å²) in [4.78, 5) is 53.7. The predicted molar refractivity (Wildman–Crippen MR) is 199 cm³/mol. The largest absolute Gasteiger partial charge is 0.493 e. The van der Waals surface area contributed by atoms with Crippen LogP contribution >= 0.6 is 11.8 Å². The first-order chi connectivity index (χ1) is 27.7. The van der Waals surface area contributed by atoms with Gasteiger partial charge in [0, 0.05) is 47.0 Å². The topological polar surface area (TPSA) is 171 Å². The summed E-state index contributed by atoms with van der Waals surface area (Å²) in [5, 5.41) is 16.7. The number of cyclic esters (lactones) is 1. The molecule has 58 heavy (non-hydrogen) atoms. The van der Waals surface area contributed by atoms with E-state index < -0.39 is 84.0 Å². The Morgan fingerprint density at radius 1 is 1.02 bits per heavy atom. The quantitative estimate of drug-likeness (QED) is 0.183. The van der Waals surface area contributed by atoms with Gasteiger partial charge >= 0.3 is 30.0 Å². The van der Waals surface area contributed by atoms with Gasteiger partial charge in [0.05, 0.1) is 30.5 Å². The monoisotopic (exact) mass is 825 g/mol. The molecule has 0 spiro atoms. The molecule has 18 heteroatoms. The number of alkyl halides is 3. The van der Waals surface area contributed by atoms with Gasteiger partial charge in [0.1, 0.15) is 24.6 Å². The van der Waals surface area contributed by atoms with Gasteiger partial charge in [0.15, 0.2) is 23.0 Å². The summed E-state index contributed by atoms with van der Waals surface area (Å²) in [6.07, 6.45) is -3.39. The number of thioether (sulfide) groups is 1. The number of fused-ring (bicyclic) bond motifs is 9. The molecular formula is C40H38F3N3O11S. The lowest BCUT2D eigenvalue weighted by Gasteiger charge is -2.59. The number of carbonyl (C=O) groups excluding carboxylic acids is 4. The average molecular weight is 826 g/mol. The summed E-state index contributed by atoms with van der Waals surface area (Å²) < 4.78 is 76.0. The molecule has 3 aromatic rings. The lowest BCUT2D eigenvalue weighted by molar-refractivity contribution is -0.176. The van der Waals surface area contributed by atoms with Crippen molar-refractivity contribution in [1.29, 1.82) is 0 Å². The number of aryl methyl sites for hydroxylation is 1. The van der Waals surface area contributed by atoms with Gasteiger partial charge < -0.3 is 44.2 Å². The van der Waals surface area contributed by atoms with Gasteiger partial charge in [0.25, 0.3) is 0 Å². The molecule has 0 aromatic heterocycles. The van der Waals surface area contributed by atoms with E-state index in [0.29, 0.717) is 27.8 Å². The van der Waals surface area contributed by atoms with Crippen molar-refractivity contribution in [3.05, 3.63) is 81.4 Å². The van der Waals surface area contributed by atoms with Crippen LogP contribution in [-0.2, 0) is 30.3 Å². The number of ether oxygens (including phenoxy) is 6. The molecule has 5 heterocycles. The van der Waals surface area contributed by atoms with E-state index in [1.807, 2.05) is 36.4 Å². The van der Waals surface area contributed by atoms with Gasteiger partial charge in [-0.05, 0) is 43.0 Å². The van der Waals surface area contributed by atoms with Crippen molar-refractivity contribution < 1.29 is 65.9 Å². The first kappa shape index (κ1) is 39.5. The third-order valence-electron chi connectivity index (χ3n) is 10.9. The Morgan fingerprint density at radius 2 is 1.76 bits per heavy atom. The van der Waals surface area contributed by atoms with Crippen LogP contribution in [0.25, 0.3) is 6.08 Å². The number of amides is 1. The second kappa shape index (κ2) is 15.1. The van der Waals surface area contributed by atoms with Crippen LogP contribution in [0.4, 0.5) is 13.2 Å². The summed E-state index contributed by atoms with van der Waals surface area (Å²) in [5.41, 5.74) is 3.88. The fourth-order valence-electron chi connectivity index (χ4n) is 8.67. The van der Waals surface area contributed by atoms with Crippen molar-refractivity contribution in [3.63, 3.8) is 0 Å². The number of aliphatic hydroxyl groups excluding tert-OH is 1. The van der Waals surface area contributed by atoms with E-state index >= 15 is 0 Å². The molecule has 0 radical (unpaired) electrons. The minimum absolute atomic E-state index is 0.100. The van der Waals surface area contributed by atoms with E-state index in [1.165, 1.54) is 20.1 Å². The highest BCUT2D eigenvalue weighted by Crippen LogP contribution is 2.62. The molecule has 14 nitrogen and oxygen atoms in total. The fraction of sp³-hybridized carbons (Fsp3) is 0.400. The zero-order valence-electron chi connectivity index (χ0n) is 31.5. The number of nitrogens with zero attached hydrogens (tertiary/aromatic N) is 1. The molecule has 8 rings (SSSR count). The molecule has 3 N–H and O–H groups in total. The first-order valence-corrected chi connectivity index (χ1v) is 19.4. The maximum absolute atomic E-state index is 13.6. The van der Waals surface area contributed by atoms with Crippen LogP contribution in [0, 0.1) is 13.8 Å². The van der Waals surface area contributed by atoms with E-state index in [1.54, 1.807) is 30.1 Å². The summed E-state index contributed by atoms with van der Waals surface area (Å²) >= 11 is 0.992. The number of esters is 3. The maximum atomic E-state index is 13.6. The molecule has 306 valence electrons. The summed E-state index contributed by atoms with van der Waals surface area (Å²) in [6.45, 7) is 3.97. The van der Waals surface area contributed by atoms with Crippen molar-refractivity contribution in [2.75, 3.05) is 26.3 Å². The van der Waals surface area contributed by atoms with E-state index in [-0.39, 0.29) is 42.0 Å². The lowest BCUT2D eigenvalue weighted by Crippen LogP contribution is -2.69. The van der Waals surface area contributed by atoms with Gasteiger partial charge in [-0.15, -0.1) is 11.8 Å². The molecule has 1 amide bonds. The third-order valence-corrected chi connectivity index (χ3v) is 12.3. The highest BCUT2D eigenvalue weighted by molar-refractivity contribution is 7.99. The van der Waals surface area contributed by atoms with Gasteiger partial charge in [0.2, 0.25) is 6.79 Å². The standard InChI is InChI=1S/C40H38F3N3O11S/c1-17-12-21-13-22-37(49)46-24-14-53-38(50)23(45-39(51)40(41,42)43)15-58-36(28-27(24)34-33(54-16-55-34)18(2)32(28)56-19(3)47)30(46)29(44-22)26(21)35(31(17)52-4)57-25(48)11-10-20-8-6-5-7-9-20/h5-12,22-24,29-30,36-37,44,49H,13-16H2,1-4H3,(H,45,51)/b11-10+/t22?,23?,24-,29?,30+,36+,37-/m0/s1. The Balaban J connectivity index is 1.32. The molecule has 7 atom stereocenters. The van der Waals surface area contributed by atoms with E-state index in [2.05, 4.69) is 5.32 Å². The van der Waals surface area contributed by atoms with Crippen molar-refractivity contribution in [1.82, 2.24) is 15.5 Å². The zero-order valence-corrected chi connectivity index (χ0v) is 32.3. The number of carbonyl (C=O) groups is 4. The SMILES string of the molecule is COc1c(C)cc2c(c1OC(=O)/C=C/c1ccccc1)C1NC(C2)[C@H](O)N2[C@H]1[C@@H]1SCC(NC(=O)C(F)(F)F)C(=O)OC[C@H]2c2c3c(c(C)c(OC(C)=O)c21)OCO3.